The molecule has 0 aliphatic carbocycles. The molecule has 0 aromatic heterocycles. The Balaban J connectivity index is 4.21. The molecule has 0 aliphatic heterocycles. The minimum Gasteiger partial charge on any atom is -0.462 e. The van der Waals surface area contributed by atoms with Crippen LogP contribution in [0.5, 0.6) is 0 Å². The van der Waals surface area contributed by atoms with E-state index < -0.39 is 6.10 Å². The van der Waals surface area contributed by atoms with Crippen LogP contribution in [0.15, 0.2) is 60.8 Å². The molecule has 0 saturated carbocycles. The van der Waals surface area contributed by atoms with Gasteiger partial charge in [0.1, 0.15) is 13.2 Å². The quantitative estimate of drug-likeness (QED) is 0.0261. The van der Waals surface area contributed by atoms with E-state index in [1.54, 1.807) is 0 Å². The van der Waals surface area contributed by atoms with Crippen molar-refractivity contribution in [1.82, 2.24) is 0 Å². The summed E-state index contributed by atoms with van der Waals surface area (Å²) in [6, 6.07) is 0. The molecule has 78 heavy (non-hydrogen) atoms. The first kappa shape index (κ1) is 75.1. The first-order valence-corrected chi connectivity index (χ1v) is 34.3. The number of ether oxygens (including phenoxy) is 3. The van der Waals surface area contributed by atoms with Gasteiger partial charge in [-0.15, -0.1) is 0 Å². The molecule has 0 amide bonds. The summed E-state index contributed by atoms with van der Waals surface area (Å²) in [5, 5.41) is 0. The third-order valence-electron chi connectivity index (χ3n) is 15.3. The van der Waals surface area contributed by atoms with Crippen molar-refractivity contribution in [2.45, 2.75) is 367 Å². The molecule has 0 saturated heterocycles. The smallest absolute Gasteiger partial charge is 0.306 e. The normalized spacial score (nSPS) is 12.4. The minimum absolute atomic E-state index is 0.0946. The highest BCUT2D eigenvalue weighted by atomic mass is 16.6. The molecule has 0 radical (unpaired) electrons. The van der Waals surface area contributed by atoms with Gasteiger partial charge in [-0.3, -0.25) is 14.4 Å². The van der Waals surface area contributed by atoms with Gasteiger partial charge in [-0.1, -0.05) is 332 Å². The number of rotatable bonds is 63. The number of allylic oxidation sites excluding steroid dienone is 10. The van der Waals surface area contributed by atoms with E-state index >= 15 is 0 Å². The van der Waals surface area contributed by atoms with E-state index in [-0.39, 0.29) is 37.5 Å². The molecule has 0 N–H and O–H groups in total. The van der Waals surface area contributed by atoms with Crippen LogP contribution in [-0.2, 0) is 28.6 Å². The number of hydrogen-bond acceptors (Lipinski definition) is 6. The minimum atomic E-state index is -0.805. The van der Waals surface area contributed by atoms with Crippen molar-refractivity contribution in [2.24, 2.45) is 0 Å². The Hall–Kier alpha value is -2.89. The Morgan fingerprint density at radius 1 is 0.269 bits per heavy atom. The van der Waals surface area contributed by atoms with Gasteiger partial charge in [0.25, 0.3) is 0 Å². The van der Waals surface area contributed by atoms with E-state index in [4.69, 9.17) is 14.2 Å². The molecule has 1 unspecified atom stereocenters. The van der Waals surface area contributed by atoms with Gasteiger partial charge in [-0.2, -0.15) is 0 Å². The summed E-state index contributed by atoms with van der Waals surface area (Å²) in [5.41, 5.74) is 0. The highest BCUT2D eigenvalue weighted by Crippen LogP contribution is 2.18. The number of carbonyl (C=O) groups excluding carboxylic acids is 3. The molecule has 0 bridgehead atoms. The average molecular weight is 1090 g/mol. The van der Waals surface area contributed by atoms with E-state index in [1.807, 2.05) is 6.08 Å². The maximum absolute atomic E-state index is 12.9. The Labute approximate surface area is 485 Å². The number of carbonyl (C=O) groups is 3. The molecular weight excluding hydrogens is 961 g/mol. The van der Waals surface area contributed by atoms with Gasteiger partial charge in [-0.05, 0) is 70.6 Å². The molecule has 0 aromatic rings. The second-order valence-electron chi connectivity index (χ2n) is 23.1. The van der Waals surface area contributed by atoms with Crippen LogP contribution in [0.1, 0.15) is 361 Å². The molecule has 0 rings (SSSR count). The highest BCUT2D eigenvalue weighted by Gasteiger charge is 2.19. The lowest BCUT2D eigenvalue weighted by atomic mass is 10.0. The third kappa shape index (κ3) is 63.9. The maximum atomic E-state index is 12.9. The first-order valence-electron chi connectivity index (χ1n) is 34.3. The Bertz CT molecular complexity index is 1390. The average Bonchev–Trinajstić information content (AvgIpc) is 3.44. The molecule has 454 valence electrons. The third-order valence-corrected chi connectivity index (χ3v) is 15.3. The van der Waals surface area contributed by atoms with Crippen molar-refractivity contribution in [1.29, 1.82) is 0 Å². The molecule has 6 nitrogen and oxygen atoms in total. The van der Waals surface area contributed by atoms with Crippen molar-refractivity contribution >= 4 is 17.9 Å². The van der Waals surface area contributed by atoms with Gasteiger partial charge in [-0.25, -0.2) is 0 Å². The number of esters is 3. The van der Waals surface area contributed by atoms with Gasteiger partial charge in [0.2, 0.25) is 0 Å². The van der Waals surface area contributed by atoms with Crippen LogP contribution in [0.3, 0.4) is 0 Å². The van der Waals surface area contributed by atoms with Gasteiger partial charge in [0, 0.05) is 19.3 Å². The second-order valence-corrected chi connectivity index (χ2v) is 23.1. The Kier molecular flexibility index (Phi) is 64.2. The van der Waals surface area contributed by atoms with Crippen LogP contribution >= 0.6 is 0 Å². The summed E-state index contributed by atoms with van der Waals surface area (Å²) in [6.45, 7) is 6.51. The van der Waals surface area contributed by atoms with E-state index in [0.717, 1.165) is 64.2 Å². The Morgan fingerprint density at radius 3 is 0.859 bits per heavy atom. The van der Waals surface area contributed by atoms with E-state index in [1.165, 1.54) is 250 Å². The molecular formula is C72H130O6. The zero-order chi connectivity index (χ0) is 56.4. The summed E-state index contributed by atoms with van der Waals surface area (Å²) in [6.07, 6.45) is 85.6. The van der Waals surface area contributed by atoms with E-state index in [0.29, 0.717) is 19.3 Å². The fraction of sp³-hybridized carbons (Fsp3) is 0.819. The molecule has 1 atom stereocenters. The van der Waals surface area contributed by atoms with Gasteiger partial charge < -0.3 is 14.2 Å². The molecule has 0 spiro atoms. The summed E-state index contributed by atoms with van der Waals surface area (Å²) in [4.78, 5) is 38.3. The first-order chi connectivity index (χ1) is 38.5. The van der Waals surface area contributed by atoms with Crippen molar-refractivity contribution in [3.63, 3.8) is 0 Å². The van der Waals surface area contributed by atoms with Crippen molar-refractivity contribution in [3.8, 4) is 0 Å². The summed E-state index contributed by atoms with van der Waals surface area (Å²) < 4.78 is 16.9. The fourth-order valence-electron chi connectivity index (χ4n) is 10.2. The zero-order valence-electron chi connectivity index (χ0n) is 52.2. The molecule has 0 heterocycles. The SMILES string of the molecule is CC/C=C\C/C=C\C/C=C\C/C=C\CCC(=O)OCC(COC(=O)CCCCCCCCCCCCCCCCCCCCCCCCCCCCCCC)OC(=O)CCCCCCCCC/C=C\CCCCCCCCC. The molecule has 6 heteroatoms. The van der Waals surface area contributed by atoms with Crippen LogP contribution in [0.4, 0.5) is 0 Å². The lowest BCUT2D eigenvalue weighted by Crippen LogP contribution is -2.30. The summed E-state index contributed by atoms with van der Waals surface area (Å²) >= 11 is 0. The largest absolute Gasteiger partial charge is 0.462 e. The number of hydrogen-bond donors (Lipinski definition) is 0. The van der Waals surface area contributed by atoms with Gasteiger partial charge in [0.15, 0.2) is 6.10 Å². The van der Waals surface area contributed by atoms with Crippen LogP contribution in [-0.4, -0.2) is 37.2 Å². The summed E-state index contributed by atoms with van der Waals surface area (Å²) in [7, 11) is 0. The molecule has 0 aromatic carbocycles. The number of unbranched alkanes of at least 4 members (excludes halogenated alkanes) is 42. The van der Waals surface area contributed by atoms with Crippen molar-refractivity contribution < 1.29 is 28.6 Å². The lowest BCUT2D eigenvalue weighted by molar-refractivity contribution is -0.166. The standard InChI is InChI=1S/C72H130O6/c1-4-7-10-13-16-19-22-25-27-29-31-32-33-34-35-36-37-38-39-40-41-43-44-47-50-53-56-59-62-65-71(74)77-68-69(67-76-70(73)64-61-58-55-52-49-46-24-21-18-15-12-9-6-3)78-72(75)66-63-60-57-54-51-48-45-42-30-28-26-23-20-17-14-11-8-5-2/h9,12,18,21,28,30,46,49,55,58,69H,4-8,10-11,13-17,19-20,22-27,29,31-45,47-48,50-54,56-57,59-68H2,1-3H3/b12-9-,21-18-,30-28-,49-46-,58-55-. The topological polar surface area (TPSA) is 78.9 Å². The molecule has 0 fully saturated rings. The highest BCUT2D eigenvalue weighted by molar-refractivity contribution is 5.71. The lowest BCUT2D eigenvalue weighted by Gasteiger charge is -2.18. The van der Waals surface area contributed by atoms with Crippen LogP contribution in [0.2, 0.25) is 0 Å². The monoisotopic (exact) mass is 1090 g/mol. The van der Waals surface area contributed by atoms with Crippen LogP contribution in [0, 0.1) is 0 Å². The van der Waals surface area contributed by atoms with Crippen LogP contribution in [0.25, 0.3) is 0 Å². The van der Waals surface area contributed by atoms with E-state index in [2.05, 4.69) is 75.5 Å². The van der Waals surface area contributed by atoms with Crippen molar-refractivity contribution in [3.05, 3.63) is 60.8 Å². The maximum Gasteiger partial charge on any atom is 0.306 e. The molecule has 0 aliphatic rings. The zero-order valence-corrected chi connectivity index (χ0v) is 52.2. The van der Waals surface area contributed by atoms with Crippen molar-refractivity contribution in [2.75, 3.05) is 13.2 Å². The predicted octanol–water partition coefficient (Wildman–Crippen LogP) is 23.5. The predicted molar refractivity (Wildman–Crippen MR) is 339 cm³/mol. The van der Waals surface area contributed by atoms with Crippen LogP contribution < -0.4 is 0 Å². The summed E-state index contributed by atoms with van der Waals surface area (Å²) in [5.74, 6) is -0.965. The fourth-order valence-corrected chi connectivity index (χ4v) is 10.2. The van der Waals surface area contributed by atoms with Gasteiger partial charge in [0.05, 0.1) is 0 Å². The Morgan fingerprint density at radius 2 is 0.526 bits per heavy atom. The van der Waals surface area contributed by atoms with Gasteiger partial charge >= 0.3 is 17.9 Å². The van der Waals surface area contributed by atoms with E-state index in [9.17, 15) is 14.4 Å². The second kappa shape index (κ2) is 66.6.